The van der Waals surface area contributed by atoms with Crippen LogP contribution >= 0.6 is 0 Å². The van der Waals surface area contributed by atoms with Crippen molar-refractivity contribution in [3.05, 3.63) is 89.2 Å². The number of imidazole rings is 1. The summed E-state index contributed by atoms with van der Waals surface area (Å²) in [5.74, 6) is 0.411. The molecule has 204 valence electrons. The number of nitrogens with one attached hydrogen (secondary N) is 1. The Morgan fingerprint density at radius 3 is 2.36 bits per heavy atom. The van der Waals surface area contributed by atoms with Crippen LogP contribution in [0.15, 0.2) is 66.7 Å². The van der Waals surface area contributed by atoms with Crippen LogP contribution in [0.25, 0.3) is 11.0 Å². The zero-order valence-corrected chi connectivity index (χ0v) is 23.3. The second-order valence-corrected chi connectivity index (χ2v) is 11.0. The van der Waals surface area contributed by atoms with Gasteiger partial charge >= 0.3 is 5.97 Å². The molecule has 0 aliphatic carbocycles. The molecule has 7 heteroatoms. The van der Waals surface area contributed by atoms with Gasteiger partial charge in [-0.15, -0.1) is 0 Å². The maximum Gasteiger partial charge on any atom is 0.349 e. The standard InChI is InChI=1S/C32H37N3O4/c1-6-7-13-27-34-28-21(2)18-24(33-31(38)32(3,4)5)19-26(28)35(27)20-22-14-16-25(17-15-22)39-29(30(36)37)23-11-9-8-10-12-23/h8-12,14-19,29H,6-7,13,20H2,1-5H3,(H,33,38)(H,36,37). The first-order valence-corrected chi connectivity index (χ1v) is 13.4. The first-order valence-electron chi connectivity index (χ1n) is 13.4. The topological polar surface area (TPSA) is 93.5 Å². The molecule has 0 fully saturated rings. The molecule has 0 saturated heterocycles. The third kappa shape index (κ3) is 6.66. The van der Waals surface area contributed by atoms with Crippen molar-refractivity contribution < 1.29 is 19.4 Å². The molecular weight excluding hydrogens is 490 g/mol. The van der Waals surface area contributed by atoms with Crippen molar-refractivity contribution in [3.63, 3.8) is 0 Å². The molecule has 0 aliphatic heterocycles. The summed E-state index contributed by atoms with van der Waals surface area (Å²) >= 11 is 0. The monoisotopic (exact) mass is 527 g/mol. The average molecular weight is 528 g/mol. The van der Waals surface area contributed by atoms with Crippen LogP contribution in [-0.2, 0) is 22.6 Å². The molecule has 7 nitrogen and oxygen atoms in total. The van der Waals surface area contributed by atoms with E-state index in [1.165, 1.54) is 0 Å². The SMILES string of the molecule is CCCCc1nc2c(C)cc(NC(=O)C(C)(C)C)cc2n1Cc1ccc(OC(C(=O)O)c2ccccc2)cc1. The van der Waals surface area contributed by atoms with Gasteiger partial charge in [0.25, 0.3) is 0 Å². The predicted molar refractivity (Wildman–Crippen MR) is 154 cm³/mol. The molecule has 0 aliphatic rings. The molecule has 2 N–H and O–H groups in total. The Labute approximate surface area is 229 Å². The lowest BCUT2D eigenvalue weighted by Crippen LogP contribution is -2.27. The minimum atomic E-state index is -1.08. The van der Waals surface area contributed by atoms with Gasteiger partial charge in [0.2, 0.25) is 12.0 Å². The van der Waals surface area contributed by atoms with Gasteiger partial charge in [-0.1, -0.05) is 76.6 Å². The van der Waals surface area contributed by atoms with E-state index in [9.17, 15) is 14.7 Å². The van der Waals surface area contributed by atoms with Crippen LogP contribution in [0.3, 0.4) is 0 Å². The van der Waals surface area contributed by atoms with E-state index in [4.69, 9.17) is 9.72 Å². The fourth-order valence-electron chi connectivity index (χ4n) is 4.41. The summed E-state index contributed by atoms with van der Waals surface area (Å²) in [6.45, 7) is 10.5. The van der Waals surface area contributed by atoms with Gasteiger partial charge in [-0.2, -0.15) is 0 Å². The molecule has 4 rings (SSSR count). The Morgan fingerprint density at radius 2 is 1.74 bits per heavy atom. The molecule has 39 heavy (non-hydrogen) atoms. The highest BCUT2D eigenvalue weighted by molar-refractivity contribution is 5.96. The highest BCUT2D eigenvalue weighted by atomic mass is 16.5. The number of carboxylic acids is 1. The Hall–Kier alpha value is -4.13. The van der Waals surface area contributed by atoms with E-state index in [2.05, 4.69) is 16.8 Å². The van der Waals surface area contributed by atoms with Crippen LogP contribution in [0.5, 0.6) is 5.75 Å². The molecule has 0 radical (unpaired) electrons. The van der Waals surface area contributed by atoms with Crippen LogP contribution in [0, 0.1) is 12.3 Å². The largest absolute Gasteiger partial charge is 0.478 e. The Bertz CT molecular complexity index is 1450. The summed E-state index contributed by atoms with van der Waals surface area (Å²) in [7, 11) is 0. The number of aryl methyl sites for hydroxylation is 2. The quantitative estimate of drug-likeness (QED) is 0.233. The Balaban J connectivity index is 1.63. The molecule has 4 aromatic rings. The summed E-state index contributed by atoms with van der Waals surface area (Å²) in [5, 5.41) is 12.8. The minimum Gasteiger partial charge on any atom is -0.478 e. The number of benzene rings is 3. The van der Waals surface area contributed by atoms with E-state index in [-0.39, 0.29) is 5.91 Å². The third-order valence-corrected chi connectivity index (χ3v) is 6.66. The van der Waals surface area contributed by atoms with E-state index < -0.39 is 17.5 Å². The number of ether oxygens (including phenoxy) is 1. The number of carbonyl (C=O) groups is 2. The molecule has 0 spiro atoms. The van der Waals surface area contributed by atoms with E-state index >= 15 is 0 Å². The maximum absolute atomic E-state index is 12.7. The highest BCUT2D eigenvalue weighted by Crippen LogP contribution is 2.29. The van der Waals surface area contributed by atoms with Gasteiger partial charge in [0.15, 0.2) is 0 Å². The van der Waals surface area contributed by atoms with Gasteiger partial charge in [-0.25, -0.2) is 9.78 Å². The van der Waals surface area contributed by atoms with E-state index in [1.54, 1.807) is 36.4 Å². The van der Waals surface area contributed by atoms with E-state index in [0.717, 1.165) is 52.9 Å². The van der Waals surface area contributed by atoms with Crippen molar-refractivity contribution >= 4 is 28.6 Å². The van der Waals surface area contributed by atoms with Gasteiger partial charge in [-0.05, 0) is 48.7 Å². The smallest absolute Gasteiger partial charge is 0.349 e. The van der Waals surface area contributed by atoms with Crippen LogP contribution in [0.1, 0.15) is 69.2 Å². The van der Waals surface area contributed by atoms with E-state index in [1.807, 2.05) is 58.0 Å². The summed E-state index contributed by atoms with van der Waals surface area (Å²) in [4.78, 5) is 29.5. The lowest BCUT2D eigenvalue weighted by Gasteiger charge is -2.18. The van der Waals surface area contributed by atoms with Gasteiger partial charge in [-0.3, -0.25) is 4.79 Å². The molecule has 1 aromatic heterocycles. The van der Waals surface area contributed by atoms with Gasteiger partial charge in [0.1, 0.15) is 11.6 Å². The van der Waals surface area contributed by atoms with Crippen molar-refractivity contribution in [1.29, 1.82) is 0 Å². The summed E-state index contributed by atoms with van der Waals surface area (Å²) in [6, 6.07) is 20.4. The zero-order valence-electron chi connectivity index (χ0n) is 23.3. The summed E-state index contributed by atoms with van der Waals surface area (Å²) < 4.78 is 8.05. The van der Waals surface area contributed by atoms with Crippen molar-refractivity contribution in [2.24, 2.45) is 5.41 Å². The normalized spacial score (nSPS) is 12.3. The average Bonchev–Trinajstić information content (AvgIpc) is 3.24. The maximum atomic E-state index is 12.7. The van der Waals surface area contributed by atoms with Crippen molar-refractivity contribution in [2.45, 2.75) is 66.5 Å². The van der Waals surface area contributed by atoms with Gasteiger partial charge < -0.3 is 19.7 Å². The van der Waals surface area contributed by atoms with Gasteiger partial charge in [0, 0.05) is 29.6 Å². The molecule has 0 bridgehead atoms. The molecule has 1 atom stereocenters. The number of amides is 1. The second-order valence-electron chi connectivity index (χ2n) is 11.0. The number of rotatable bonds is 10. The number of hydrogen-bond donors (Lipinski definition) is 2. The molecule has 0 saturated carbocycles. The molecule has 1 heterocycles. The third-order valence-electron chi connectivity index (χ3n) is 6.66. The fourth-order valence-corrected chi connectivity index (χ4v) is 4.41. The minimum absolute atomic E-state index is 0.0377. The van der Waals surface area contributed by atoms with Crippen molar-refractivity contribution in [3.8, 4) is 5.75 Å². The van der Waals surface area contributed by atoms with Crippen LogP contribution in [0.2, 0.25) is 0 Å². The molecular formula is C32H37N3O4. The second kappa shape index (κ2) is 11.7. The number of unbranched alkanes of at least 4 members (excludes halogenated alkanes) is 1. The number of aromatic nitrogens is 2. The first kappa shape index (κ1) is 27.9. The number of carboxylic acid groups (broad SMARTS) is 1. The van der Waals surface area contributed by atoms with Crippen molar-refractivity contribution in [2.75, 3.05) is 5.32 Å². The summed E-state index contributed by atoms with van der Waals surface area (Å²) in [6.07, 6.45) is 1.86. The van der Waals surface area contributed by atoms with E-state index in [0.29, 0.717) is 17.9 Å². The van der Waals surface area contributed by atoms with Crippen LogP contribution in [-0.4, -0.2) is 26.5 Å². The molecule has 1 amide bonds. The number of fused-ring (bicyclic) bond motifs is 1. The number of hydrogen-bond acceptors (Lipinski definition) is 4. The highest BCUT2D eigenvalue weighted by Gasteiger charge is 2.23. The number of nitrogens with zero attached hydrogens (tertiary/aromatic N) is 2. The van der Waals surface area contributed by atoms with Crippen LogP contribution in [0.4, 0.5) is 5.69 Å². The summed E-state index contributed by atoms with van der Waals surface area (Å²) in [5.41, 5.74) is 4.80. The first-order chi connectivity index (χ1) is 18.6. The number of anilines is 1. The van der Waals surface area contributed by atoms with Crippen molar-refractivity contribution in [1.82, 2.24) is 9.55 Å². The zero-order chi connectivity index (χ0) is 28.2. The van der Waals surface area contributed by atoms with Crippen LogP contribution < -0.4 is 10.1 Å². The lowest BCUT2D eigenvalue weighted by molar-refractivity contribution is -0.145. The number of aliphatic carboxylic acids is 1. The Morgan fingerprint density at radius 1 is 1.05 bits per heavy atom. The molecule has 3 aromatic carbocycles. The number of carbonyl (C=O) groups excluding carboxylic acids is 1. The Kier molecular flexibility index (Phi) is 8.38. The lowest BCUT2D eigenvalue weighted by atomic mass is 9.95. The van der Waals surface area contributed by atoms with Gasteiger partial charge in [0.05, 0.1) is 11.0 Å². The fraction of sp³-hybridized carbons (Fsp3) is 0.344. The predicted octanol–water partition coefficient (Wildman–Crippen LogP) is 6.92. The molecule has 1 unspecified atom stereocenters.